The standard InChI is InChI=1S/C14H14N4O4/c1-17(2)10-5-3-9(4-6-10)16-14(20)12-7-11(18(21)22)8-15-13(12)19/h3-8H,1-2H3,(H,15,19)(H,16,20). The van der Waals surface area contributed by atoms with Gasteiger partial charge in [0.15, 0.2) is 0 Å². The molecule has 1 heterocycles. The van der Waals surface area contributed by atoms with Crippen LogP contribution in [0.15, 0.2) is 41.3 Å². The Balaban J connectivity index is 2.23. The molecule has 0 aliphatic carbocycles. The molecule has 2 N–H and O–H groups in total. The van der Waals surface area contributed by atoms with Crippen LogP contribution in [0.2, 0.25) is 0 Å². The van der Waals surface area contributed by atoms with E-state index in [-0.39, 0.29) is 11.3 Å². The lowest BCUT2D eigenvalue weighted by atomic mass is 10.2. The Kier molecular flexibility index (Phi) is 4.21. The number of nitro groups is 1. The molecule has 0 unspecified atom stereocenters. The summed E-state index contributed by atoms with van der Waals surface area (Å²) in [4.78, 5) is 37.8. The first-order valence-electron chi connectivity index (χ1n) is 6.34. The van der Waals surface area contributed by atoms with Gasteiger partial charge in [0.2, 0.25) is 0 Å². The van der Waals surface area contributed by atoms with E-state index in [1.54, 1.807) is 24.3 Å². The molecule has 0 aliphatic rings. The first-order chi connectivity index (χ1) is 10.4. The first-order valence-corrected chi connectivity index (χ1v) is 6.34. The molecule has 0 bridgehead atoms. The van der Waals surface area contributed by atoms with Crippen LogP contribution in [0.1, 0.15) is 10.4 Å². The summed E-state index contributed by atoms with van der Waals surface area (Å²) in [5.74, 6) is -0.706. The number of nitrogens with zero attached hydrogens (tertiary/aromatic N) is 2. The zero-order valence-electron chi connectivity index (χ0n) is 12.0. The van der Waals surface area contributed by atoms with Gasteiger partial charge in [0.05, 0.1) is 11.1 Å². The van der Waals surface area contributed by atoms with Crippen LogP contribution in [0.5, 0.6) is 0 Å². The van der Waals surface area contributed by atoms with Gasteiger partial charge < -0.3 is 15.2 Å². The molecule has 8 nitrogen and oxygen atoms in total. The Morgan fingerprint density at radius 2 is 1.91 bits per heavy atom. The van der Waals surface area contributed by atoms with E-state index in [4.69, 9.17) is 0 Å². The van der Waals surface area contributed by atoms with Crippen molar-refractivity contribution in [3.63, 3.8) is 0 Å². The van der Waals surface area contributed by atoms with Crippen molar-refractivity contribution >= 4 is 23.0 Å². The lowest BCUT2D eigenvalue weighted by Crippen LogP contribution is -2.23. The molecule has 0 saturated heterocycles. The fourth-order valence-electron chi connectivity index (χ4n) is 1.79. The largest absolute Gasteiger partial charge is 0.378 e. The maximum absolute atomic E-state index is 12.1. The number of benzene rings is 1. The predicted molar refractivity (Wildman–Crippen MR) is 82.4 cm³/mol. The molecule has 2 rings (SSSR count). The van der Waals surface area contributed by atoms with Gasteiger partial charge in [0.25, 0.3) is 17.2 Å². The van der Waals surface area contributed by atoms with Gasteiger partial charge in [-0.3, -0.25) is 19.7 Å². The topological polar surface area (TPSA) is 108 Å². The first kappa shape index (κ1) is 15.2. The second kappa shape index (κ2) is 6.08. The summed E-state index contributed by atoms with van der Waals surface area (Å²) in [7, 11) is 3.77. The highest BCUT2D eigenvalue weighted by Crippen LogP contribution is 2.16. The quantitative estimate of drug-likeness (QED) is 0.658. The summed E-state index contributed by atoms with van der Waals surface area (Å²) < 4.78 is 0. The number of rotatable bonds is 4. The van der Waals surface area contributed by atoms with Crippen molar-refractivity contribution in [1.29, 1.82) is 0 Å². The summed E-state index contributed by atoms with van der Waals surface area (Å²) >= 11 is 0. The molecule has 0 spiro atoms. The lowest BCUT2D eigenvalue weighted by molar-refractivity contribution is -0.385. The van der Waals surface area contributed by atoms with E-state index in [9.17, 15) is 19.7 Å². The monoisotopic (exact) mass is 302 g/mol. The molecular weight excluding hydrogens is 288 g/mol. The van der Waals surface area contributed by atoms with Crippen LogP contribution in [0.3, 0.4) is 0 Å². The number of amides is 1. The number of pyridine rings is 1. The van der Waals surface area contributed by atoms with Crippen molar-refractivity contribution < 1.29 is 9.72 Å². The molecule has 0 atom stereocenters. The van der Waals surface area contributed by atoms with Gasteiger partial charge in [-0.2, -0.15) is 0 Å². The SMILES string of the molecule is CN(C)c1ccc(NC(=O)c2cc([N+](=O)[O-])c[nH]c2=O)cc1. The molecular formula is C14H14N4O4. The molecule has 0 aliphatic heterocycles. The number of nitrogens with one attached hydrogen (secondary N) is 2. The second-order valence-electron chi connectivity index (χ2n) is 4.75. The number of anilines is 2. The Morgan fingerprint density at radius 3 is 2.45 bits per heavy atom. The van der Waals surface area contributed by atoms with E-state index in [0.717, 1.165) is 18.0 Å². The highest BCUT2D eigenvalue weighted by Gasteiger charge is 2.16. The van der Waals surface area contributed by atoms with E-state index < -0.39 is 16.4 Å². The fourth-order valence-corrected chi connectivity index (χ4v) is 1.79. The normalized spacial score (nSPS) is 10.1. The average Bonchev–Trinajstić information content (AvgIpc) is 2.47. The van der Waals surface area contributed by atoms with Crippen LogP contribution in [-0.2, 0) is 0 Å². The second-order valence-corrected chi connectivity index (χ2v) is 4.75. The molecule has 1 aromatic heterocycles. The van der Waals surface area contributed by atoms with Crippen molar-refractivity contribution in [2.24, 2.45) is 0 Å². The summed E-state index contributed by atoms with van der Waals surface area (Å²) in [6.07, 6.45) is 0.949. The van der Waals surface area contributed by atoms with Crippen molar-refractivity contribution in [1.82, 2.24) is 4.98 Å². The number of hydrogen-bond acceptors (Lipinski definition) is 5. The van der Waals surface area contributed by atoms with Crippen LogP contribution < -0.4 is 15.8 Å². The Bertz CT molecular complexity index is 765. The summed E-state index contributed by atoms with van der Waals surface area (Å²) in [5, 5.41) is 13.2. The number of carbonyl (C=O) groups excluding carboxylic acids is 1. The molecule has 22 heavy (non-hydrogen) atoms. The highest BCUT2D eigenvalue weighted by atomic mass is 16.6. The van der Waals surface area contributed by atoms with Crippen LogP contribution in [-0.4, -0.2) is 29.9 Å². The third kappa shape index (κ3) is 3.29. The number of aromatic amines is 1. The lowest BCUT2D eigenvalue weighted by Gasteiger charge is -2.12. The molecule has 1 amide bonds. The van der Waals surface area contributed by atoms with Gasteiger partial charge >= 0.3 is 0 Å². The molecule has 2 aromatic rings. The van der Waals surface area contributed by atoms with Gasteiger partial charge in [0.1, 0.15) is 5.56 Å². The third-order valence-electron chi connectivity index (χ3n) is 2.99. The minimum atomic E-state index is -0.706. The Morgan fingerprint density at radius 1 is 1.27 bits per heavy atom. The van der Waals surface area contributed by atoms with E-state index in [2.05, 4.69) is 10.3 Å². The van der Waals surface area contributed by atoms with Crippen molar-refractivity contribution in [3.05, 3.63) is 62.6 Å². The molecule has 0 fully saturated rings. The summed E-state index contributed by atoms with van der Waals surface area (Å²) in [6.45, 7) is 0. The van der Waals surface area contributed by atoms with E-state index in [1.807, 2.05) is 19.0 Å². The maximum Gasteiger partial charge on any atom is 0.286 e. The van der Waals surface area contributed by atoms with Gasteiger partial charge in [0, 0.05) is 31.5 Å². The predicted octanol–water partition coefficient (Wildman–Crippen LogP) is 1.60. The molecule has 1 aromatic carbocycles. The zero-order chi connectivity index (χ0) is 16.3. The van der Waals surface area contributed by atoms with Crippen molar-refractivity contribution in [2.45, 2.75) is 0 Å². The molecule has 0 saturated carbocycles. The molecule has 0 radical (unpaired) electrons. The fraction of sp³-hybridized carbons (Fsp3) is 0.143. The van der Waals surface area contributed by atoms with E-state index >= 15 is 0 Å². The number of H-pyrrole nitrogens is 1. The summed E-state index contributed by atoms with van der Waals surface area (Å²) in [6, 6.07) is 7.90. The van der Waals surface area contributed by atoms with Crippen LogP contribution in [0.4, 0.5) is 17.1 Å². The van der Waals surface area contributed by atoms with Crippen molar-refractivity contribution in [3.8, 4) is 0 Å². The number of carbonyl (C=O) groups is 1. The number of hydrogen-bond donors (Lipinski definition) is 2. The van der Waals surface area contributed by atoms with Gasteiger partial charge in [-0.05, 0) is 24.3 Å². The minimum Gasteiger partial charge on any atom is -0.378 e. The smallest absolute Gasteiger partial charge is 0.286 e. The van der Waals surface area contributed by atoms with Crippen LogP contribution in [0.25, 0.3) is 0 Å². The Hall–Kier alpha value is -3.16. The summed E-state index contributed by atoms with van der Waals surface area (Å²) in [5.41, 5.74) is 0.0827. The van der Waals surface area contributed by atoms with Crippen molar-refractivity contribution in [2.75, 3.05) is 24.3 Å². The van der Waals surface area contributed by atoms with Crippen LogP contribution >= 0.6 is 0 Å². The number of aromatic nitrogens is 1. The van der Waals surface area contributed by atoms with E-state index in [1.165, 1.54) is 0 Å². The molecule has 114 valence electrons. The van der Waals surface area contributed by atoms with Crippen LogP contribution in [0, 0.1) is 10.1 Å². The van der Waals surface area contributed by atoms with Gasteiger partial charge in [-0.1, -0.05) is 0 Å². The minimum absolute atomic E-state index is 0.314. The molecule has 8 heteroatoms. The van der Waals surface area contributed by atoms with Gasteiger partial charge in [-0.15, -0.1) is 0 Å². The maximum atomic E-state index is 12.1. The van der Waals surface area contributed by atoms with E-state index in [0.29, 0.717) is 5.69 Å². The highest BCUT2D eigenvalue weighted by molar-refractivity contribution is 6.04. The third-order valence-corrected chi connectivity index (χ3v) is 2.99. The van der Waals surface area contributed by atoms with Gasteiger partial charge in [-0.25, -0.2) is 0 Å². The zero-order valence-corrected chi connectivity index (χ0v) is 12.0. The average molecular weight is 302 g/mol. The Labute approximate surface area is 125 Å².